The van der Waals surface area contributed by atoms with E-state index in [4.69, 9.17) is 5.73 Å². The summed E-state index contributed by atoms with van der Waals surface area (Å²) in [6.07, 6.45) is -0.670. The average Bonchev–Trinajstić information content (AvgIpc) is 2.41. The van der Waals surface area contributed by atoms with Crippen LogP contribution in [0.4, 0.5) is 13.2 Å². The lowest BCUT2D eigenvalue weighted by atomic mass is 10.1. The van der Waals surface area contributed by atoms with Crippen molar-refractivity contribution in [2.45, 2.75) is 12.2 Å². The Balaban J connectivity index is 1.92. The first-order chi connectivity index (χ1) is 9.49. The Morgan fingerprint density at radius 1 is 1.25 bits per heavy atom. The van der Waals surface area contributed by atoms with Crippen molar-refractivity contribution in [1.82, 2.24) is 14.8 Å². The molecule has 112 valence electrons. The molecule has 2 N–H and O–H groups in total. The molecule has 1 unspecified atom stereocenters. The lowest BCUT2D eigenvalue weighted by Gasteiger charge is -2.39. The maximum absolute atomic E-state index is 12.3. The van der Waals surface area contributed by atoms with E-state index >= 15 is 0 Å². The van der Waals surface area contributed by atoms with Gasteiger partial charge in [-0.15, -0.1) is 0 Å². The van der Waals surface area contributed by atoms with Crippen LogP contribution in [0.15, 0.2) is 24.5 Å². The second-order valence-electron chi connectivity index (χ2n) is 4.97. The van der Waals surface area contributed by atoms with Crippen LogP contribution < -0.4 is 5.73 Å². The summed E-state index contributed by atoms with van der Waals surface area (Å²) in [6.45, 7) is 1.61. The van der Waals surface area contributed by atoms with Gasteiger partial charge in [0.25, 0.3) is 0 Å². The fourth-order valence-corrected chi connectivity index (χ4v) is 2.56. The van der Waals surface area contributed by atoms with Crippen LogP contribution in [-0.4, -0.2) is 60.2 Å². The minimum absolute atomic E-state index is 0.0248. The minimum atomic E-state index is -4.13. The molecule has 1 fully saturated rings. The highest BCUT2D eigenvalue weighted by molar-refractivity contribution is 5.14. The van der Waals surface area contributed by atoms with E-state index < -0.39 is 12.7 Å². The molecule has 0 aromatic carbocycles. The lowest BCUT2D eigenvalue weighted by molar-refractivity contribution is -0.149. The molecule has 4 nitrogen and oxygen atoms in total. The van der Waals surface area contributed by atoms with Gasteiger partial charge in [-0.1, -0.05) is 6.07 Å². The number of hydrogen-bond donors (Lipinski definition) is 1. The molecule has 1 aromatic heterocycles. The van der Waals surface area contributed by atoms with Gasteiger partial charge in [-0.3, -0.25) is 14.8 Å². The molecule has 20 heavy (non-hydrogen) atoms. The molecule has 0 bridgehead atoms. The summed E-state index contributed by atoms with van der Waals surface area (Å²) in [5, 5.41) is 0. The highest BCUT2D eigenvalue weighted by Gasteiger charge is 2.33. The van der Waals surface area contributed by atoms with Crippen LogP contribution >= 0.6 is 0 Å². The normalized spacial score (nSPS) is 20.0. The number of pyridine rings is 1. The van der Waals surface area contributed by atoms with Gasteiger partial charge in [0.05, 0.1) is 6.54 Å². The quantitative estimate of drug-likeness (QED) is 0.906. The number of piperazine rings is 1. The third kappa shape index (κ3) is 4.16. The molecule has 0 saturated carbocycles. The van der Waals surface area contributed by atoms with E-state index in [1.54, 1.807) is 12.4 Å². The highest BCUT2D eigenvalue weighted by atomic mass is 19.4. The van der Waals surface area contributed by atoms with Crippen molar-refractivity contribution >= 4 is 0 Å². The average molecular weight is 288 g/mol. The summed E-state index contributed by atoms with van der Waals surface area (Å²) in [4.78, 5) is 7.64. The number of nitrogens with zero attached hydrogens (tertiary/aromatic N) is 3. The second kappa shape index (κ2) is 6.51. The molecule has 1 aliphatic heterocycles. The van der Waals surface area contributed by atoms with Crippen molar-refractivity contribution in [2.75, 3.05) is 39.3 Å². The SMILES string of the molecule is NCC(c1cccnc1)N1CCN(CC(F)(F)F)CC1. The van der Waals surface area contributed by atoms with Crippen LogP contribution in [0.25, 0.3) is 0 Å². The van der Waals surface area contributed by atoms with Gasteiger partial charge >= 0.3 is 6.18 Å². The largest absolute Gasteiger partial charge is 0.401 e. The van der Waals surface area contributed by atoms with Crippen molar-refractivity contribution in [3.63, 3.8) is 0 Å². The van der Waals surface area contributed by atoms with Gasteiger partial charge in [0.15, 0.2) is 0 Å². The van der Waals surface area contributed by atoms with Gasteiger partial charge in [-0.2, -0.15) is 13.2 Å². The molecule has 0 amide bonds. The molecule has 1 atom stereocenters. The van der Waals surface area contributed by atoms with E-state index in [0.717, 1.165) is 5.56 Å². The van der Waals surface area contributed by atoms with Crippen molar-refractivity contribution in [2.24, 2.45) is 5.73 Å². The smallest absolute Gasteiger partial charge is 0.329 e. The number of alkyl halides is 3. The Bertz CT molecular complexity index is 402. The monoisotopic (exact) mass is 288 g/mol. The topological polar surface area (TPSA) is 45.4 Å². The van der Waals surface area contributed by atoms with Crippen LogP contribution in [-0.2, 0) is 0 Å². The Kier molecular flexibility index (Phi) is 4.95. The van der Waals surface area contributed by atoms with Crippen LogP contribution in [0.2, 0.25) is 0 Å². The number of hydrogen-bond acceptors (Lipinski definition) is 4. The first kappa shape index (κ1) is 15.2. The molecular formula is C13H19F3N4. The van der Waals surface area contributed by atoms with E-state index in [1.807, 2.05) is 12.1 Å². The Hall–Kier alpha value is -1.18. The zero-order chi connectivity index (χ0) is 14.6. The maximum atomic E-state index is 12.3. The Morgan fingerprint density at radius 3 is 2.45 bits per heavy atom. The van der Waals surface area contributed by atoms with Gasteiger partial charge in [-0.05, 0) is 11.6 Å². The summed E-state index contributed by atoms with van der Waals surface area (Å²) >= 11 is 0. The molecule has 2 rings (SSSR count). The molecular weight excluding hydrogens is 269 g/mol. The molecule has 1 saturated heterocycles. The number of aromatic nitrogens is 1. The standard InChI is InChI=1S/C13H19F3N4/c14-13(15,16)10-19-4-6-20(7-5-19)12(8-17)11-2-1-3-18-9-11/h1-3,9,12H,4-8,10,17H2. The van der Waals surface area contributed by atoms with Crippen molar-refractivity contribution in [3.8, 4) is 0 Å². The Labute approximate surface area is 116 Å². The number of halogens is 3. The van der Waals surface area contributed by atoms with E-state index in [0.29, 0.717) is 32.7 Å². The summed E-state index contributed by atoms with van der Waals surface area (Å²) in [6, 6.07) is 3.82. The number of nitrogens with two attached hydrogens (primary N) is 1. The van der Waals surface area contributed by atoms with Crippen molar-refractivity contribution in [3.05, 3.63) is 30.1 Å². The highest BCUT2D eigenvalue weighted by Crippen LogP contribution is 2.22. The van der Waals surface area contributed by atoms with Crippen molar-refractivity contribution in [1.29, 1.82) is 0 Å². The fourth-order valence-electron chi connectivity index (χ4n) is 2.56. The van der Waals surface area contributed by atoms with Gasteiger partial charge in [0, 0.05) is 51.2 Å². The van der Waals surface area contributed by atoms with E-state index in [-0.39, 0.29) is 6.04 Å². The Morgan fingerprint density at radius 2 is 1.95 bits per heavy atom. The molecule has 1 aliphatic rings. The van der Waals surface area contributed by atoms with Crippen LogP contribution in [0.1, 0.15) is 11.6 Å². The fraction of sp³-hybridized carbons (Fsp3) is 0.615. The first-order valence-electron chi connectivity index (χ1n) is 6.63. The third-order valence-corrected chi connectivity index (χ3v) is 3.54. The second-order valence-corrected chi connectivity index (χ2v) is 4.97. The van der Waals surface area contributed by atoms with Gasteiger partial charge in [0.1, 0.15) is 0 Å². The summed E-state index contributed by atoms with van der Waals surface area (Å²) in [5.74, 6) is 0. The first-order valence-corrected chi connectivity index (χ1v) is 6.63. The molecule has 0 radical (unpaired) electrons. The van der Waals surface area contributed by atoms with E-state index in [9.17, 15) is 13.2 Å². The summed E-state index contributed by atoms with van der Waals surface area (Å²) < 4.78 is 37.0. The maximum Gasteiger partial charge on any atom is 0.401 e. The molecule has 2 heterocycles. The molecule has 0 spiro atoms. The molecule has 7 heteroatoms. The van der Waals surface area contributed by atoms with Gasteiger partial charge in [0.2, 0.25) is 0 Å². The van der Waals surface area contributed by atoms with E-state index in [1.165, 1.54) is 4.90 Å². The van der Waals surface area contributed by atoms with Crippen LogP contribution in [0.3, 0.4) is 0 Å². The van der Waals surface area contributed by atoms with Crippen LogP contribution in [0.5, 0.6) is 0 Å². The third-order valence-electron chi connectivity index (χ3n) is 3.54. The molecule has 1 aromatic rings. The minimum Gasteiger partial charge on any atom is -0.329 e. The predicted molar refractivity (Wildman–Crippen MR) is 70.1 cm³/mol. The zero-order valence-corrected chi connectivity index (χ0v) is 11.2. The van der Waals surface area contributed by atoms with Gasteiger partial charge in [-0.25, -0.2) is 0 Å². The van der Waals surface area contributed by atoms with Crippen molar-refractivity contribution < 1.29 is 13.2 Å². The lowest BCUT2D eigenvalue weighted by Crippen LogP contribution is -2.51. The van der Waals surface area contributed by atoms with Gasteiger partial charge < -0.3 is 5.73 Å². The number of rotatable bonds is 4. The molecule has 0 aliphatic carbocycles. The summed E-state index contributed by atoms with van der Waals surface area (Å²) in [5.41, 5.74) is 6.82. The zero-order valence-electron chi connectivity index (χ0n) is 11.2. The van der Waals surface area contributed by atoms with E-state index in [2.05, 4.69) is 9.88 Å². The predicted octanol–water partition coefficient (Wildman–Crippen LogP) is 1.26. The summed E-state index contributed by atoms with van der Waals surface area (Å²) in [7, 11) is 0. The van der Waals surface area contributed by atoms with Crippen LogP contribution in [0, 0.1) is 0 Å².